The third-order valence-electron chi connectivity index (χ3n) is 3.35. The van der Waals surface area contributed by atoms with Crippen LogP contribution < -0.4 is 0 Å². The molecule has 20 heavy (non-hydrogen) atoms. The van der Waals surface area contributed by atoms with Gasteiger partial charge in [-0.3, -0.25) is 4.90 Å². The lowest BCUT2D eigenvalue weighted by Crippen LogP contribution is -2.25. The zero-order valence-corrected chi connectivity index (χ0v) is 13.8. The van der Waals surface area contributed by atoms with Gasteiger partial charge in [0.05, 0.1) is 6.54 Å². The first kappa shape index (κ1) is 15.5. The van der Waals surface area contributed by atoms with Crippen molar-refractivity contribution in [3.8, 4) is 0 Å². The molecule has 0 aliphatic carbocycles. The Morgan fingerprint density at radius 2 is 2.05 bits per heavy atom. The first-order valence-corrected chi connectivity index (χ1v) is 9.12. The summed E-state index contributed by atoms with van der Waals surface area (Å²) in [5, 5.41) is 3.97. The minimum Gasteiger partial charge on any atom is -0.292 e. The van der Waals surface area contributed by atoms with E-state index in [1.54, 1.807) is 11.3 Å². The molecule has 0 bridgehead atoms. The van der Waals surface area contributed by atoms with Crippen molar-refractivity contribution in [1.82, 2.24) is 9.88 Å². The smallest absolute Gasteiger partial charge is 0.107 e. The summed E-state index contributed by atoms with van der Waals surface area (Å²) >= 11 is 3.69. The van der Waals surface area contributed by atoms with Gasteiger partial charge in [0.1, 0.15) is 5.01 Å². The van der Waals surface area contributed by atoms with Crippen LogP contribution in [0.1, 0.15) is 23.9 Å². The second kappa shape index (κ2) is 8.45. The molecule has 0 N–H and O–H groups in total. The molecule has 2 aromatic rings. The summed E-state index contributed by atoms with van der Waals surface area (Å²) in [6, 6.07) is 10.7. The molecule has 108 valence electrons. The molecular weight excluding hydrogens is 284 g/mol. The van der Waals surface area contributed by atoms with Gasteiger partial charge >= 0.3 is 0 Å². The maximum Gasteiger partial charge on any atom is 0.107 e. The van der Waals surface area contributed by atoms with Gasteiger partial charge in [-0.25, -0.2) is 4.98 Å². The minimum absolute atomic E-state index is 0.713. The molecule has 0 aliphatic heterocycles. The quantitative estimate of drug-likeness (QED) is 0.724. The summed E-state index contributed by atoms with van der Waals surface area (Å²) in [5.74, 6) is 0. The molecule has 0 amide bonds. The maximum absolute atomic E-state index is 4.42. The number of thiazole rings is 1. The molecule has 0 saturated carbocycles. The number of aromatic nitrogens is 1. The minimum atomic E-state index is 0.713. The molecular formula is C16H22N2S2. The van der Waals surface area contributed by atoms with Gasteiger partial charge in [0.2, 0.25) is 0 Å². The van der Waals surface area contributed by atoms with Crippen molar-refractivity contribution in [2.45, 2.75) is 31.7 Å². The van der Waals surface area contributed by atoms with Gasteiger partial charge in [0.15, 0.2) is 0 Å². The Balaban J connectivity index is 1.95. The van der Waals surface area contributed by atoms with E-state index in [4.69, 9.17) is 0 Å². The Kier molecular flexibility index (Phi) is 6.57. The van der Waals surface area contributed by atoms with Gasteiger partial charge in [-0.1, -0.05) is 37.3 Å². The number of hydrogen-bond acceptors (Lipinski definition) is 4. The van der Waals surface area contributed by atoms with Crippen molar-refractivity contribution in [2.24, 2.45) is 0 Å². The zero-order chi connectivity index (χ0) is 14.2. The summed E-state index contributed by atoms with van der Waals surface area (Å²) in [7, 11) is 0. The van der Waals surface area contributed by atoms with Crippen LogP contribution in [0, 0.1) is 0 Å². The Hall–Kier alpha value is -0.840. The van der Waals surface area contributed by atoms with Crippen LogP contribution >= 0.6 is 23.1 Å². The van der Waals surface area contributed by atoms with E-state index in [1.165, 1.54) is 17.0 Å². The molecule has 0 unspecified atom stereocenters. The SMILES string of the molecule is CS[C@H](C)CCN(Cc1ccccc1)Cc1nccs1. The monoisotopic (exact) mass is 306 g/mol. The third kappa shape index (κ3) is 5.27. The van der Waals surface area contributed by atoms with Gasteiger partial charge in [-0.2, -0.15) is 11.8 Å². The predicted molar refractivity (Wildman–Crippen MR) is 90.3 cm³/mol. The fraction of sp³-hybridized carbons (Fsp3) is 0.438. The normalized spacial score (nSPS) is 12.8. The molecule has 1 heterocycles. The Morgan fingerprint density at radius 1 is 1.25 bits per heavy atom. The molecule has 1 aromatic carbocycles. The zero-order valence-electron chi connectivity index (χ0n) is 12.2. The van der Waals surface area contributed by atoms with Crippen molar-refractivity contribution in [2.75, 3.05) is 12.8 Å². The molecule has 1 atom stereocenters. The first-order valence-electron chi connectivity index (χ1n) is 6.95. The second-order valence-electron chi connectivity index (χ2n) is 4.96. The van der Waals surface area contributed by atoms with E-state index >= 15 is 0 Å². The van der Waals surface area contributed by atoms with Crippen molar-refractivity contribution in [3.63, 3.8) is 0 Å². The average Bonchev–Trinajstić information content (AvgIpc) is 2.98. The largest absolute Gasteiger partial charge is 0.292 e. The van der Waals surface area contributed by atoms with Gasteiger partial charge < -0.3 is 0 Å². The lowest BCUT2D eigenvalue weighted by Gasteiger charge is -2.22. The number of thioether (sulfide) groups is 1. The van der Waals surface area contributed by atoms with Gasteiger partial charge in [0.25, 0.3) is 0 Å². The summed E-state index contributed by atoms with van der Waals surface area (Å²) < 4.78 is 0. The van der Waals surface area contributed by atoms with E-state index in [0.717, 1.165) is 19.6 Å². The Bertz CT molecular complexity index is 470. The summed E-state index contributed by atoms with van der Waals surface area (Å²) in [6.07, 6.45) is 5.30. The molecule has 2 nitrogen and oxygen atoms in total. The van der Waals surface area contributed by atoms with Crippen LogP contribution in [-0.2, 0) is 13.1 Å². The van der Waals surface area contributed by atoms with Crippen LogP contribution in [0.4, 0.5) is 0 Å². The number of benzene rings is 1. The highest BCUT2D eigenvalue weighted by Gasteiger charge is 2.10. The predicted octanol–water partition coefficient (Wildman–Crippen LogP) is 4.29. The number of nitrogens with zero attached hydrogens (tertiary/aromatic N) is 2. The standard InChI is InChI=1S/C16H22N2S2/c1-14(19-2)8-10-18(13-16-17-9-11-20-16)12-15-6-4-3-5-7-15/h3-7,9,11,14H,8,10,12-13H2,1-2H3/t14-/m1/s1. The van der Waals surface area contributed by atoms with Gasteiger partial charge in [0, 0.05) is 23.4 Å². The summed E-state index contributed by atoms with van der Waals surface area (Å²) in [5.41, 5.74) is 1.38. The van der Waals surface area contributed by atoms with Crippen LogP contribution in [0.15, 0.2) is 41.9 Å². The third-order valence-corrected chi connectivity index (χ3v) is 5.15. The second-order valence-corrected chi connectivity index (χ2v) is 7.21. The molecule has 4 heteroatoms. The van der Waals surface area contributed by atoms with E-state index in [1.807, 2.05) is 18.0 Å². The van der Waals surface area contributed by atoms with Crippen LogP contribution in [0.2, 0.25) is 0 Å². The van der Waals surface area contributed by atoms with Crippen LogP contribution in [0.5, 0.6) is 0 Å². The molecule has 2 rings (SSSR count). The summed E-state index contributed by atoms with van der Waals surface area (Å²) in [4.78, 5) is 6.92. The van der Waals surface area contributed by atoms with Crippen molar-refractivity contribution in [1.29, 1.82) is 0 Å². The van der Waals surface area contributed by atoms with Crippen molar-refractivity contribution < 1.29 is 0 Å². The van der Waals surface area contributed by atoms with E-state index in [9.17, 15) is 0 Å². The van der Waals surface area contributed by atoms with E-state index in [2.05, 4.69) is 58.8 Å². The van der Waals surface area contributed by atoms with Crippen LogP contribution in [0.3, 0.4) is 0 Å². The maximum atomic E-state index is 4.42. The van der Waals surface area contributed by atoms with E-state index in [0.29, 0.717) is 5.25 Å². The van der Waals surface area contributed by atoms with Crippen LogP contribution in [0.25, 0.3) is 0 Å². The topological polar surface area (TPSA) is 16.1 Å². The molecule has 0 spiro atoms. The molecule has 0 aliphatic rings. The lowest BCUT2D eigenvalue weighted by molar-refractivity contribution is 0.253. The van der Waals surface area contributed by atoms with Crippen molar-refractivity contribution >= 4 is 23.1 Å². The highest BCUT2D eigenvalue weighted by Crippen LogP contribution is 2.15. The number of rotatable bonds is 8. The Labute approximate surface area is 130 Å². The van der Waals surface area contributed by atoms with Gasteiger partial charge in [-0.05, 0) is 24.8 Å². The molecule has 1 aromatic heterocycles. The average molecular weight is 306 g/mol. The fourth-order valence-electron chi connectivity index (χ4n) is 2.06. The number of hydrogen-bond donors (Lipinski definition) is 0. The molecule has 0 radical (unpaired) electrons. The van der Waals surface area contributed by atoms with E-state index in [-0.39, 0.29) is 0 Å². The summed E-state index contributed by atoms with van der Waals surface area (Å²) in [6.45, 7) is 5.38. The van der Waals surface area contributed by atoms with Gasteiger partial charge in [-0.15, -0.1) is 11.3 Å². The first-order chi connectivity index (χ1) is 9.78. The highest BCUT2D eigenvalue weighted by molar-refractivity contribution is 7.99. The molecule has 0 fully saturated rings. The Morgan fingerprint density at radius 3 is 2.70 bits per heavy atom. The lowest BCUT2D eigenvalue weighted by atomic mass is 10.2. The van der Waals surface area contributed by atoms with Crippen LogP contribution in [-0.4, -0.2) is 27.9 Å². The molecule has 0 saturated heterocycles. The van der Waals surface area contributed by atoms with E-state index < -0.39 is 0 Å². The fourth-order valence-corrected chi connectivity index (χ4v) is 3.06. The van der Waals surface area contributed by atoms with Crippen molar-refractivity contribution in [3.05, 3.63) is 52.5 Å². The highest BCUT2D eigenvalue weighted by atomic mass is 32.2.